The van der Waals surface area contributed by atoms with Gasteiger partial charge >= 0.3 is 0 Å². The Morgan fingerprint density at radius 3 is 2.10 bits per heavy atom. The number of hydrogen-bond donors (Lipinski definition) is 0. The Balaban J connectivity index is 1.75. The van der Waals surface area contributed by atoms with Gasteiger partial charge in [-0.15, -0.1) is 0 Å². The lowest BCUT2D eigenvalue weighted by atomic mass is 9.77. The van der Waals surface area contributed by atoms with E-state index in [0.717, 1.165) is 19.1 Å². The van der Waals surface area contributed by atoms with Crippen molar-refractivity contribution in [1.82, 2.24) is 0 Å². The van der Waals surface area contributed by atoms with Crippen molar-refractivity contribution in [1.29, 1.82) is 0 Å². The molecule has 0 bridgehead atoms. The summed E-state index contributed by atoms with van der Waals surface area (Å²) in [5.74, 6) is 0.764. The second-order valence-corrected chi connectivity index (χ2v) is 9.38. The van der Waals surface area contributed by atoms with Crippen molar-refractivity contribution in [3.05, 3.63) is 0 Å². The number of ether oxygens (including phenoxy) is 2. The summed E-state index contributed by atoms with van der Waals surface area (Å²) in [4.78, 5) is 0. The van der Waals surface area contributed by atoms with Crippen LogP contribution in [0.25, 0.3) is 0 Å². The average Bonchev–Trinajstić information content (AvgIpc) is 2.73. The lowest BCUT2D eigenvalue weighted by Gasteiger charge is -2.33. The molecule has 0 aromatic carbocycles. The van der Waals surface area contributed by atoms with Crippen LogP contribution in [0.15, 0.2) is 0 Å². The van der Waals surface area contributed by atoms with Crippen LogP contribution in [-0.2, 0) is 9.47 Å². The molecule has 0 aliphatic carbocycles. The molecule has 2 fully saturated rings. The predicted molar refractivity (Wildman–Crippen MR) is 88.5 cm³/mol. The van der Waals surface area contributed by atoms with Gasteiger partial charge in [0.15, 0.2) is 0 Å². The van der Waals surface area contributed by atoms with Gasteiger partial charge in [-0.1, -0.05) is 34.6 Å². The van der Waals surface area contributed by atoms with Crippen molar-refractivity contribution in [2.75, 3.05) is 13.2 Å². The van der Waals surface area contributed by atoms with Crippen LogP contribution >= 0.6 is 0 Å². The van der Waals surface area contributed by atoms with Gasteiger partial charge in [-0.2, -0.15) is 0 Å². The third kappa shape index (κ3) is 6.28. The second-order valence-electron chi connectivity index (χ2n) is 9.38. The topological polar surface area (TPSA) is 18.5 Å². The van der Waals surface area contributed by atoms with Crippen molar-refractivity contribution in [2.45, 2.75) is 91.8 Å². The Kier molecular flexibility index (Phi) is 5.76. The summed E-state index contributed by atoms with van der Waals surface area (Å²) < 4.78 is 12.0. The smallest absolute Gasteiger partial charge is 0.0585 e. The van der Waals surface area contributed by atoms with Crippen molar-refractivity contribution in [3.8, 4) is 0 Å². The van der Waals surface area contributed by atoms with Gasteiger partial charge in [-0.05, 0) is 61.7 Å². The Hall–Kier alpha value is -0.0800. The van der Waals surface area contributed by atoms with Gasteiger partial charge in [0.05, 0.1) is 12.2 Å². The molecule has 0 aromatic heterocycles. The Morgan fingerprint density at radius 2 is 1.52 bits per heavy atom. The van der Waals surface area contributed by atoms with E-state index < -0.39 is 0 Å². The summed E-state index contributed by atoms with van der Waals surface area (Å²) in [6, 6.07) is 0. The molecule has 124 valence electrons. The van der Waals surface area contributed by atoms with Crippen molar-refractivity contribution in [2.24, 2.45) is 16.7 Å². The van der Waals surface area contributed by atoms with E-state index >= 15 is 0 Å². The van der Waals surface area contributed by atoms with Crippen molar-refractivity contribution < 1.29 is 9.47 Å². The normalized spacial score (nSPS) is 31.6. The molecule has 0 spiro atoms. The van der Waals surface area contributed by atoms with Gasteiger partial charge in [0.1, 0.15) is 0 Å². The minimum atomic E-state index is 0.382. The Bertz CT molecular complexity index is 310. The molecule has 2 aliphatic rings. The van der Waals surface area contributed by atoms with Crippen LogP contribution in [0.2, 0.25) is 0 Å². The molecule has 0 N–H and O–H groups in total. The minimum Gasteiger partial charge on any atom is -0.381 e. The van der Waals surface area contributed by atoms with E-state index in [1.54, 1.807) is 0 Å². The van der Waals surface area contributed by atoms with Gasteiger partial charge in [0.2, 0.25) is 0 Å². The monoisotopic (exact) mass is 296 g/mol. The van der Waals surface area contributed by atoms with Gasteiger partial charge < -0.3 is 9.47 Å². The lowest BCUT2D eigenvalue weighted by molar-refractivity contribution is -0.0101. The van der Waals surface area contributed by atoms with E-state index in [0.29, 0.717) is 23.0 Å². The highest BCUT2D eigenvalue weighted by Gasteiger charge is 2.34. The average molecular weight is 296 g/mol. The van der Waals surface area contributed by atoms with Crippen LogP contribution in [0.3, 0.4) is 0 Å². The molecule has 2 heteroatoms. The van der Waals surface area contributed by atoms with E-state index in [1.807, 2.05) is 0 Å². The summed E-state index contributed by atoms with van der Waals surface area (Å²) in [5.41, 5.74) is 0.765. The Labute approximate surface area is 132 Å². The highest BCUT2D eigenvalue weighted by atomic mass is 16.5. The molecule has 2 nitrogen and oxygen atoms in total. The molecule has 0 amide bonds. The third-order valence-electron chi connectivity index (χ3n) is 4.91. The fourth-order valence-electron chi connectivity index (χ4n) is 4.21. The maximum Gasteiger partial charge on any atom is 0.0585 e. The van der Waals surface area contributed by atoms with E-state index in [2.05, 4.69) is 34.6 Å². The molecule has 0 saturated carbocycles. The highest BCUT2D eigenvalue weighted by molar-refractivity contribution is 4.84. The largest absolute Gasteiger partial charge is 0.381 e. The van der Waals surface area contributed by atoms with E-state index in [9.17, 15) is 0 Å². The standard InChI is InChI=1S/C19H36O2/c1-18(2,3)12-16-8-9-17(21-16)13-19(4,5)11-15-7-6-10-20-14-15/h15-17H,6-14H2,1-5H3. The lowest BCUT2D eigenvalue weighted by Crippen LogP contribution is -2.28. The fraction of sp³-hybridized carbons (Fsp3) is 1.00. The van der Waals surface area contributed by atoms with Crippen LogP contribution < -0.4 is 0 Å². The van der Waals surface area contributed by atoms with Crippen LogP contribution in [0, 0.1) is 16.7 Å². The molecule has 3 unspecified atom stereocenters. The zero-order valence-electron chi connectivity index (χ0n) is 14.9. The zero-order chi connectivity index (χ0) is 15.5. The molecule has 2 aliphatic heterocycles. The SMILES string of the molecule is CC(C)(C)CC1CCC(CC(C)(C)CC2CCCOC2)O1. The van der Waals surface area contributed by atoms with E-state index in [1.165, 1.54) is 44.9 Å². The molecule has 3 atom stereocenters. The zero-order valence-corrected chi connectivity index (χ0v) is 14.9. The van der Waals surface area contributed by atoms with Crippen LogP contribution in [-0.4, -0.2) is 25.4 Å². The second kappa shape index (κ2) is 7.00. The molecule has 21 heavy (non-hydrogen) atoms. The maximum absolute atomic E-state index is 6.33. The van der Waals surface area contributed by atoms with Gasteiger partial charge in [0, 0.05) is 13.2 Å². The molecule has 0 radical (unpaired) electrons. The van der Waals surface area contributed by atoms with Crippen molar-refractivity contribution in [3.63, 3.8) is 0 Å². The van der Waals surface area contributed by atoms with Gasteiger partial charge in [-0.3, -0.25) is 0 Å². The minimum absolute atomic E-state index is 0.382. The van der Waals surface area contributed by atoms with Gasteiger partial charge in [0.25, 0.3) is 0 Å². The summed E-state index contributed by atoms with van der Waals surface area (Å²) >= 11 is 0. The fourth-order valence-corrected chi connectivity index (χ4v) is 4.21. The Morgan fingerprint density at radius 1 is 0.857 bits per heavy atom. The van der Waals surface area contributed by atoms with E-state index in [-0.39, 0.29) is 0 Å². The number of hydrogen-bond acceptors (Lipinski definition) is 2. The number of rotatable bonds is 5. The first kappa shape index (κ1) is 17.3. The molecule has 2 saturated heterocycles. The molecule has 0 aromatic rings. The summed E-state index contributed by atoms with van der Waals surface area (Å²) in [6.45, 7) is 13.7. The molecule has 2 rings (SSSR count). The van der Waals surface area contributed by atoms with Crippen LogP contribution in [0.5, 0.6) is 0 Å². The highest BCUT2D eigenvalue weighted by Crippen LogP contribution is 2.39. The summed E-state index contributed by atoms with van der Waals surface area (Å²) in [7, 11) is 0. The molecular weight excluding hydrogens is 260 g/mol. The quantitative estimate of drug-likeness (QED) is 0.694. The third-order valence-corrected chi connectivity index (χ3v) is 4.91. The summed E-state index contributed by atoms with van der Waals surface area (Å²) in [5, 5.41) is 0. The first-order chi connectivity index (χ1) is 9.73. The predicted octanol–water partition coefficient (Wildman–Crippen LogP) is 5.20. The van der Waals surface area contributed by atoms with E-state index in [4.69, 9.17) is 9.47 Å². The molecular formula is C19H36O2. The van der Waals surface area contributed by atoms with Crippen molar-refractivity contribution >= 4 is 0 Å². The van der Waals surface area contributed by atoms with Gasteiger partial charge in [-0.25, -0.2) is 0 Å². The summed E-state index contributed by atoms with van der Waals surface area (Å²) in [6.07, 6.45) is 9.77. The first-order valence-corrected chi connectivity index (χ1v) is 8.97. The van der Waals surface area contributed by atoms with Crippen LogP contribution in [0.1, 0.15) is 79.6 Å². The maximum atomic E-state index is 6.33. The van der Waals surface area contributed by atoms with Crippen LogP contribution in [0.4, 0.5) is 0 Å². The first-order valence-electron chi connectivity index (χ1n) is 8.97. The molecule has 2 heterocycles.